The average Bonchev–Trinajstić information content (AvgIpc) is 2.79. The smallest absolute Gasteiger partial charge is 0.225 e. The Balaban J connectivity index is 1.84. The van der Waals surface area contributed by atoms with Gasteiger partial charge in [0.25, 0.3) is 0 Å². The van der Waals surface area contributed by atoms with E-state index < -0.39 is 0 Å². The average molecular weight is 209 g/mol. The Morgan fingerprint density at radius 2 is 2.20 bits per heavy atom. The molecule has 86 valence electrons. The van der Waals surface area contributed by atoms with Crippen molar-refractivity contribution in [3.05, 3.63) is 0 Å². The Morgan fingerprint density at radius 3 is 2.73 bits per heavy atom. The first-order chi connectivity index (χ1) is 7.13. The van der Waals surface area contributed by atoms with E-state index in [0.717, 1.165) is 31.3 Å². The van der Waals surface area contributed by atoms with Crippen molar-refractivity contribution in [3.8, 4) is 0 Å². The molecule has 1 aliphatic heterocycles. The maximum Gasteiger partial charge on any atom is 0.225 e. The second-order valence-electron chi connectivity index (χ2n) is 5.54. The van der Waals surface area contributed by atoms with Gasteiger partial charge in [-0.2, -0.15) is 0 Å². The van der Waals surface area contributed by atoms with Crippen LogP contribution in [0.25, 0.3) is 0 Å². The van der Waals surface area contributed by atoms with Gasteiger partial charge in [-0.15, -0.1) is 0 Å². The molecule has 2 fully saturated rings. The Hall–Kier alpha value is -0.530. The van der Waals surface area contributed by atoms with E-state index in [4.69, 9.17) is 0 Å². The molecule has 1 aliphatic carbocycles. The van der Waals surface area contributed by atoms with Crippen molar-refractivity contribution in [2.24, 2.45) is 23.7 Å². The lowest BCUT2D eigenvalue weighted by Crippen LogP contribution is -2.31. The molecule has 15 heavy (non-hydrogen) atoms. The standard InChI is InChI=1S/C13H23NO/c1-4-9(2)11-5-6-14(8-11)13(15)12-7-10(12)3/h9-12H,4-8H2,1-3H3. The van der Waals surface area contributed by atoms with Crippen molar-refractivity contribution in [1.82, 2.24) is 4.90 Å². The molecule has 2 rings (SSSR count). The minimum atomic E-state index is 0.376. The number of hydrogen-bond donors (Lipinski definition) is 0. The monoisotopic (exact) mass is 209 g/mol. The molecule has 4 atom stereocenters. The van der Waals surface area contributed by atoms with Gasteiger partial charge in [-0.25, -0.2) is 0 Å². The predicted octanol–water partition coefficient (Wildman–Crippen LogP) is 2.54. The first-order valence-electron chi connectivity index (χ1n) is 6.42. The summed E-state index contributed by atoms with van der Waals surface area (Å²) in [6.45, 7) is 8.79. The van der Waals surface area contributed by atoms with Crippen molar-refractivity contribution in [3.63, 3.8) is 0 Å². The van der Waals surface area contributed by atoms with E-state index in [-0.39, 0.29) is 0 Å². The van der Waals surface area contributed by atoms with E-state index in [9.17, 15) is 4.79 Å². The number of hydrogen-bond acceptors (Lipinski definition) is 1. The van der Waals surface area contributed by atoms with Crippen LogP contribution in [-0.2, 0) is 4.79 Å². The number of nitrogens with zero attached hydrogens (tertiary/aromatic N) is 1. The summed E-state index contributed by atoms with van der Waals surface area (Å²) in [6.07, 6.45) is 3.59. The van der Waals surface area contributed by atoms with Crippen molar-refractivity contribution in [1.29, 1.82) is 0 Å². The third-order valence-corrected chi connectivity index (χ3v) is 4.41. The van der Waals surface area contributed by atoms with Crippen LogP contribution in [0.15, 0.2) is 0 Å². The molecular formula is C13H23NO. The summed E-state index contributed by atoms with van der Waals surface area (Å²) in [5.74, 6) is 3.00. The number of likely N-dealkylation sites (tertiary alicyclic amines) is 1. The highest BCUT2D eigenvalue weighted by molar-refractivity contribution is 5.81. The minimum Gasteiger partial charge on any atom is -0.342 e. The Morgan fingerprint density at radius 1 is 1.53 bits per heavy atom. The second-order valence-corrected chi connectivity index (χ2v) is 5.54. The van der Waals surface area contributed by atoms with Crippen LogP contribution in [0.1, 0.15) is 40.0 Å². The lowest BCUT2D eigenvalue weighted by Gasteiger charge is -2.19. The SMILES string of the molecule is CCC(C)C1CCN(C(=O)C2CC2C)C1. The summed E-state index contributed by atoms with van der Waals surface area (Å²) in [5.41, 5.74) is 0. The van der Waals surface area contributed by atoms with E-state index in [0.29, 0.717) is 17.7 Å². The molecule has 0 aromatic heterocycles. The molecule has 2 aliphatic rings. The molecule has 0 radical (unpaired) electrons. The van der Waals surface area contributed by atoms with Gasteiger partial charge < -0.3 is 4.90 Å². The van der Waals surface area contributed by atoms with Crippen molar-refractivity contribution < 1.29 is 4.79 Å². The van der Waals surface area contributed by atoms with E-state index in [1.807, 2.05) is 0 Å². The first-order valence-corrected chi connectivity index (χ1v) is 6.42. The summed E-state index contributed by atoms with van der Waals surface area (Å²) in [6, 6.07) is 0. The number of amides is 1. The highest BCUT2D eigenvalue weighted by atomic mass is 16.2. The molecule has 0 aromatic carbocycles. The zero-order valence-electron chi connectivity index (χ0n) is 10.2. The van der Waals surface area contributed by atoms with E-state index in [1.165, 1.54) is 12.8 Å². The minimum absolute atomic E-state index is 0.376. The largest absolute Gasteiger partial charge is 0.342 e. The first kappa shape index (κ1) is 11.0. The summed E-state index contributed by atoms with van der Waals surface area (Å²) in [4.78, 5) is 14.1. The van der Waals surface area contributed by atoms with Gasteiger partial charge in [0.15, 0.2) is 0 Å². The third kappa shape index (κ3) is 2.19. The van der Waals surface area contributed by atoms with Crippen molar-refractivity contribution in [2.75, 3.05) is 13.1 Å². The molecule has 0 bridgehead atoms. The van der Waals surface area contributed by atoms with E-state index in [1.54, 1.807) is 0 Å². The van der Waals surface area contributed by atoms with Gasteiger partial charge in [0.1, 0.15) is 0 Å². The van der Waals surface area contributed by atoms with Gasteiger partial charge in [0.2, 0.25) is 5.91 Å². The van der Waals surface area contributed by atoms with Crippen LogP contribution in [-0.4, -0.2) is 23.9 Å². The second kappa shape index (κ2) is 4.15. The fourth-order valence-electron chi connectivity index (χ4n) is 2.69. The van der Waals surface area contributed by atoms with E-state index >= 15 is 0 Å². The molecule has 0 spiro atoms. The fourth-order valence-corrected chi connectivity index (χ4v) is 2.69. The lowest BCUT2D eigenvalue weighted by atomic mass is 9.91. The van der Waals surface area contributed by atoms with E-state index in [2.05, 4.69) is 25.7 Å². The fraction of sp³-hybridized carbons (Fsp3) is 0.923. The summed E-state index contributed by atoms with van der Waals surface area (Å²) in [7, 11) is 0. The molecule has 1 amide bonds. The number of rotatable bonds is 3. The molecule has 4 unspecified atom stereocenters. The van der Waals surface area contributed by atoms with Gasteiger partial charge in [-0.1, -0.05) is 27.2 Å². The van der Waals surface area contributed by atoms with Gasteiger partial charge in [-0.3, -0.25) is 4.79 Å². The zero-order chi connectivity index (χ0) is 11.0. The molecule has 0 aromatic rings. The van der Waals surface area contributed by atoms with Gasteiger partial charge in [0, 0.05) is 19.0 Å². The number of carbonyl (C=O) groups excluding carboxylic acids is 1. The van der Waals surface area contributed by atoms with Gasteiger partial charge in [-0.05, 0) is 30.6 Å². The molecule has 0 N–H and O–H groups in total. The maximum atomic E-state index is 12.0. The van der Waals surface area contributed by atoms with Crippen LogP contribution >= 0.6 is 0 Å². The summed E-state index contributed by atoms with van der Waals surface area (Å²) < 4.78 is 0. The van der Waals surface area contributed by atoms with Crippen LogP contribution in [0.2, 0.25) is 0 Å². The Labute approximate surface area is 93.0 Å². The van der Waals surface area contributed by atoms with Crippen LogP contribution in [0.4, 0.5) is 0 Å². The van der Waals surface area contributed by atoms with Gasteiger partial charge in [0.05, 0.1) is 0 Å². The third-order valence-electron chi connectivity index (χ3n) is 4.41. The molecule has 2 heteroatoms. The topological polar surface area (TPSA) is 20.3 Å². The zero-order valence-corrected chi connectivity index (χ0v) is 10.2. The summed E-state index contributed by atoms with van der Waals surface area (Å²) >= 11 is 0. The van der Waals surface area contributed by atoms with Crippen LogP contribution in [0, 0.1) is 23.7 Å². The van der Waals surface area contributed by atoms with Crippen LogP contribution in [0.3, 0.4) is 0 Å². The quantitative estimate of drug-likeness (QED) is 0.699. The predicted molar refractivity (Wildman–Crippen MR) is 61.4 cm³/mol. The summed E-state index contributed by atoms with van der Waals surface area (Å²) in [5, 5.41) is 0. The highest BCUT2D eigenvalue weighted by Gasteiger charge is 2.43. The molecular weight excluding hydrogens is 186 g/mol. The molecule has 2 nitrogen and oxygen atoms in total. The number of carbonyl (C=O) groups is 1. The van der Waals surface area contributed by atoms with Gasteiger partial charge >= 0.3 is 0 Å². The lowest BCUT2D eigenvalue weighted by molar-refractivity contribution is -0.132. The Bertz CT molecular complexity index is 251. The normalized spacial score (nSPS) is 36.7. The van der Waals surface area contributed by atoms with Crippen LogP contribution in [0.5, 0.6) is 0 Å². The highest BCUT2D eigenvalue weighted by Crippen LogP contribution is 2.40. The maximum absolute atomic E-state index is 12.0. The van der Waals surface area contributed by atoms with Crippen molar-refractivity contribution in [2.45, 2.75) is 40.0 Å². The Kier molecular flexibility index (Phi) is 3.03. The molecule has 1 heterocycles. The van der Waals surface area contributed by atoms with Crippen molar-refractivity contribution >= 4 is 5.91 Å². The van der Waals surface area contributed by atoms with Crippen LogP contribution < -0.4 is 0 Å². The molecule has 1 saturated carbocycles. The molecule has 1 saturated heterocycles.